The molecule has 0 aliphatic carbocycles. The van der Waals surface area contributed by atoms with E-state index in [0.29, 0.717) is 0 Å². The van der Waals surface area contributed by atoms with Gasteiger partial charge >= 0.3 is 0 Å². The summed E-state index contributed by atoms with van der Waals surface area (Å²) in [6.07, 6.45) is 1.24. The third kappa shape index (κ3) is 1.23. The molecule has 14 heavy (non-hydrogen) atoms. The Morgan fingerprint density at radius 2 is 2.07 bits per heavy atom. The number of hydrogen-bond donors (Lipinski definition) is 1. The predicted molar refractivity (Wildman–Crippen MR) is 52.8 cm³/mol. The monoisotopic (exact) mass is 200 g/mol. The van der Waals surface area contributed by atoms with Crippen LogP contribution in [0.5, 0.6) is 0 Å². The van der Waals surface area contributed by atoms with Crippen LogP contribution in [0.15, 0.2) is 0 Å². The van der Waals surface area contributed by atoms with Crippen LogP contribution in [0.2, 0.25) is 0 Å². The van der Waals surface area contributed by atoms with E-state index in [2.05, 4.69) is 20.8 Å². The topological polar surface area (TPSA) is 38.7 Å². The van der Waals surface area contributed by atoms with E-state index >= 15 is 0 Å². The molecule has 0 saturated carbocycles. The van der Waals surface area contributed by atoms with E-state index in [0.717, 1.165) is 12.8 Å². The second-order valence-electron chi connectivity index (χ2n) is 5.42. The maximum Gasteiger partial charge on any atom is 0.171 e. The van der Waals surface area contributed by atoms with E-state index in [1.54, 1.807) is 7.11 Å². The summed E-state index contributed by atoms with van der Waals surface area (Å²) >= 11 is 0. The Morgan fingerprint density at radius 3 is 2.64 bits per heavy atom. The highest BCUT2D eigenvalue weighted by atomic mass is 16.7. The standard InChI is InChI=1S/C11H20O3/c1-7-5-8(12)9-10(2,3)6-11(7,13-4)14-9/h7-9,12H,5-6H2,1-4H3. The van der Waals surface area contributed by atoms with Gasteiger partial charge in [0.25, 0.3) is 0 Å². The predicted octanol–water partition coefficient (Wildman–Crippen LogP) is 1.54. The molecule has 3 nitrogen and oxygen atoms in total. The molecule has 0 spiro atoms. The minimum atomic E-state index is -0.451. The molecular formula is C11H20O3. The zero-order chi connectivity index (χ0) is 10.6. The molecule has 3 heteroatoms. The van der Waals surface area contributed by atoms with Crippen molar-refractivity contribution in [3.05, 3.63) is 0 Å². The van der Waals surface area contributed by atoms with Crippen LogP contribution < -0.4 is 0 Å². The molecule has 0 aromatic rings. The fraction of sp³-hybridized carbons (Fsp3) is 1.00. The Bertz CT molecular complexity index is 239. The average molecular weight is 200 g/mol. The van der Waals surface area contributed by atoms with Crippen molar-refractivity contribution in [1.82, 2.24) is 0 Å². The zero-order valence-corrected chi connectivity index (χ0v) is 9.41. The molecule has 0 amide bonds. The number of aliphatic hydroxyl groups is 1. The Morgan fingerprint density at radius 1 is 1.43 bits per heavy atom. The molecule has 2 aliphatic rings. The fourth-order valence-corrected chi connectivity index (χ4v) is 3.03. The summed E-state index contributed by atoms with van der Waals surface area (Å²) in [5.74, 6) is -0.187. The van der Waals surface area contributed by atoms with Gasteiger partial charge in [0.1, 0.15) is 0 Å². The van der Waals surface area contributed by atoms with Gasteiger partial charge in [-0.2, -0.15) is 0 Å². The first-order chi connectivity index (χ1) is 6.41. The van der Waals surface area contributed by atoms with Gasteiger partial charge in [0.15, 0.2) is 5.79 Å². The number of ether oxygens (including phenoxy) is 2. The summed E-state index contributed by atoms with van der Waals surface area (Å²) in [5.41, 5.74) is 0.0141. The Kier molecular flexibility index (Phi) is 2.18. The SMILES string of the molecule is COC12CC(C)(C)C(O1)C(O)CC2C. The Labute approximate surface area is 85.4 Å². The van der Waals surface area contributed by atoms with Crippen LogP contribution in [0.4, 0.5) is 0 Å². The highest BCUT2D eigenvalue weighted by Crippen LogP contribution is 2.53. The normalized spacial score (nSPS) is 50.8. The van der Waals surface area contributed by atoms with Crippen molar-refractivity contribution in [2.45, 2.75) is 51.6 Å². The fourth-order valence-electron chi connectivity index (χ4n) is 3.03. The number of hydrogen-bond acceptors (Lipinski definition) is 3. The second kappa shape index (κ2) is 2.94. The van der Waals surface area contributed by atoms with Crippen molar-refractivity contribution in [2.75, 3.05) is 7.11 Å². The summed E-state index contributed by atoms with van der Waals surface area (Å²) in [5, 5.41) is 9.93. The Hall–Kier alpha value is -0.120. The Balaban J connectivity index is 2.32. The van der Waals surface area contributed by atoms with Gasteiger partial charge in [-0.25, -0.2) is 0 Å². The highest BCUT2D eigenvalue weighted by Gasteiger charge is 2.60. The van der Waals surface area contributed by atoms with E-state index in [4.69, 9.17) is 9.47 Å². The van der Waals surface area contributed by atoms with E-state index in [1.807, 2.05) is 0 Å². The van der Waals surface area contributed by atoms with Crippen molar-refractivity contribution in [2.24, 2.45) is 11.3 Å². The number of aliphatic hydroxyl groups excluding tert-OH is 1. The van der Waals surface area contributed by atoms with Crippen molar-refractivity contribution in [3.8, 4) is 0 Å². The van der Waals surface area contributed by atoms with Crippen molar-refractivity contribution < 1.29 is 14.6 Å². The third-order valence-electron chi connectivity index (χ3n) is 3.84. The average Bonchev–Trinajstić information content (AvgIpc) is 2.34. The van der Waals surface area contributed by atoms with Gasteiger partial charge in [0.05, 0.1) is 12.2 Å². The van der Waals surface area contributed by atoms with Crippen LogP contribution in [0.1, 0.15) is 33.6 Å². The van der Waals surface area contributed by atoms with Gasteiger partial charge in [-0.05, 0) is 11.8 Å². The molecule has 0 radical (unpaired) electrons. The molecule has 2 fully saturated rings. The molecule has 0 aromatic heterocycles. The molecule has 4 unspecified atom stereocenters. The molecule has 4 atom stereocenters. The second-order valence-corrected chi connectivity index (χ2v) is 5.42. The molecular weight excluding hydrogens is 180 g/mol. The first-order valence-corrected chi connectivity index (χ1v) is 5.32. The lowest BCUT2D eigenvalue weighted by Gasteiger charge is -2.40. The van der Waals surface area contributed by atoms with Crippen LogP contribution >= 0.6 is 0 Å². The van der Waals surface area contributed by atoms with Gasteiger partial charge in [-0.3, -0.25) is 0 Å². The van der Waals surface area contributed by atoms with Gasteiger partial charge < -0.3 is 14.6 Å². The molecule has 82 valence electrons. The summed E-state index contributed by atoms with van der Waals surface area (Å²) in [4.78, 5) is 0. The first-order valence-electron chi connectivity index (χ1n) is 5.32. The summed E-state index contributed by atoms with van der Waals surface area (Å²) in [6.45, 7) is 6.36. The van der Waals surface area contributed by atoms with Crippen LogP contribution in [-0.2, 0) is 9.47 Å². The van der Waals surface area contributed by atoms with Crippen molar-refractivity contribution in [1.29, 1.82) is 0 Å². The van der Waals surface area contributed by atoms with Gasteiger partial charge in [0.2, 0.25) is 0 Å². The van der Waals surface area contributed by atoms with Crippen LogP contribution in [-0.4, -0.2) is 30.2 Å². The molecule has 0 aromatic carbocycles. The van der Waals surface area contributed by atoms with E-state index < -0.39 is 5.79 Å². The maximum atomic E-state index is 9.93. The quantitative estimate of drug-likeness (QED) is 0.698. The highest BCUT2D eigenvalue weighted by molar-refractivity contribution is 5.03. The minimum Gasteiger partial charge on any atom is -0.390 e. The van der Waals surface area contributed by atoms with Gasteiger partial charge in [-0.15, -0.1) is 0 Å². The summed E-state index contributed by atoms with van der Waals surface area (Å²) in [6, 6.07) is 0. The van der Waals surface area contributed by atoms with Crippen molar-refractivity contribution >= 4 is 0 Å². The third-order valence-corrected chi connectivity index (χ3v) is 3.84. The van der Waals surface area contributed by atoms with Crippen LogP contribution in [0, 0.1) is 11.3 Å². The smallest absolute Gasteiger partial charge is 0.171 e. The van der Waals surface area contributed by atoms with Gasteiger partial charge in [0, 0.05) is 19.4 Å². The van der Waals surface area contributed by atoms with E-state index in [9.17, 15) is 5.11 Å². The van der Waals surface area contributed by atoms with Crippen LogP contribution in [0.3, 0.4) is 0 Å². The lowest BCUT2D eigenvalue weighted by molar-refractivity contribution is -0.280. The molecule has 1 N–H and O–H groups in total. The number of fused-ring (bicyclic) bond motifs is 2. The number of rotatable bonds is 1. The summed E-state index contributed by atoms with van der Waals surface area (Å²) < 4.78 is 11.4. The maximum absolute atomic E-state index is 9.93. The number of methoxy groups -OCH3 is 1. The molecule has 2 rings (SSSR count). The van der Waals surface area contributed by atoms with Crippen LogP contribution in [0.25, 0.3) is 0 Å². The lowest BCUT2D eigenvalue weighted by atomic mass is 9.83. The molecule has 2 bridgehead atoms. The summed E-state index contributed by atoms with van der Waals surface area (Å²) in [7, 11) is 1.70. The molecule has 2 heterocycles. The van der Waals surface area contributed by atoms with E-state index in [1.165, 1.54) is 0 Å². The molecule has 2 aliphatic heterocycles. The molecule has 2 saturated heterocycles. The zero-order valence-electron chi connectivity index (χ0n) is 9.41. The van der Waals surface area contributed by atoms with Gasteiger partial charge in [-0.1, -0.05) is 20.8 Å². The lowest BCUT2D eigenvalue weighted by Crippen LogP contribution is -2.48. The van der Waals surface area contributed by atoms with Crippen molar-refractivity contribution in [3.63, 3.8) is 0 Å². The van der Waals surface area contributed by atoms with E-state index in [-0.39, 0.29) is 23.5 Å². The first kappa shape index (κ1) is 10.4. The largest absolute Gasteiger partial charge is 0.390 e. The minimum absolute atomic E-state index is 0.0141.